The Morgan fingerprint density at radius 1 is 1.00 bits per heavy atom. The molecule has 0 heterocycles. The minimum absolute atomic E-state index is 0.108. The van der Waals surface area contributed by atoms with E-state index in [4.69, 9.17) is 0 Å². The number of fused-ring (bicyclic) bond motifs is 5. The van der Waals surface area contributed by atoms with Gasteiger partial charge in [0.05, 0.1) is 18.1 Å². The van der Waals surface area contributed by atoms with Crippen molar-refractivity contribution in [2.45, 2.75) is 89.8 Å². The Balaban J connectivity index is 1.61. The van der Waals surface area contributed by atoms with Crippen LogP contribution in [0.2, 0.25) is 0 Å². The molecule has 4 saturated carbocycles. The highest BCUT2D eigenvalue weighted by Gasteiger charge is 2.64. The van der Waals surface area contributed by atoms with Crippen LogP contribution in [0.3, 0.4) is 0 Å². The van der Waals surface area contributed by atoms with Gasteiger partial charge in [-0.25, -0.2) is 0 Å². The first-order valence-corrected chi connectivity index (χ1v) is 10.3. The van der Waals surface area contributed by atoms with Gasteiger partial charge < -0.3 is 15.3 Å². The molecule has 4 aliphatic carbocycles. The summed E-state index contributed by atoms with van der Waals surface area (Å²) < 4.78 is 0. The highest BCUT2D eigenvalue weighted by atomic mass is 16.4. The molecule has 3 unspecified atom stereocenters. The molecule has 8 atom stereocenters. The summed E-state index contributed by atoms with van der Waals surface area (Å²) in [6, 6.07) is 0. The summed E-state index contributed by atoms with van der Waals surface area (Å²) in [6.07, 6.45) is 8.87. The standard InChI is InChI=1S/C21H34O4/c1-19-8-5-14(22)11-13(19)3-4-15-16(19)6-9-20(2)17(15)7-10-21(20,25)12-18(23)24/h13-17,22,25H,3-12H2,1-2H3,(H,23,24)/t13?,14?,15-,16-,17+,19+,20+,21?/m1/s1. The summed E-state index contributed by atoms with van der Waals surface area (Å²) in [5, 5.41) is 30.7. The molecular formula is C21H34O4. The molecule has 4 aliphatic rings. The molecule has 4 heteroatoms. The maximum Gasteiger partial charge on any atom is 0.306 e. The van der Waals surface area contributed by atoms with E-state index in [-0.39, 0.29) is 17.9 Å². The summed E-state index contributed by atoms with van der Waals surface area (Å²) >= 11 is 0. The van der Waals surface area contributed by atoms with E-state index in [0.29, 0.717) is 35.5 Å². The summed E-state index contributed by atoms with van der Waals surface area (Å²) in [5.74, 6) is 1.53. The number of carboxylic acid groups (broad SMARTS) is 1. The second-order valence-corrected chi connectivity index (χ2v) is 10.2. The van der Waals surface area contributed by atoms with Crippen molar-refractivity contribution in [1.29, 1.82) is 0 Å². The second-order valence-electron chi connectivity index (χ2n) is 10.2. The molecule has 0 bridgehead atoms. The van der Waals surface area contributed by atoms with Crippen molar-refractivity contribution in [3.8, 4) is 0 Å². The summed E-state index contributed by atoms with van der Waals surface area (Å²) in [6.45, 7) is 4.63. The fraction of sp³-hybridized carbons (Fsp3) is 0.952. The molecule has 4 fully saturated rings. The third kappa shape index (κ3) is 2.43. The monoisotopic (exact) mass is 350 g/mol. The van der Waals surface area contributed by atoms with Crippen LogP contribution in [-0.2, 0) is 4.79 Å². The minimum Gasteiger partial charge on any atom is -0.481 e. The molecule has 0 aromatic carbocycles. The second kappa shape index (κ2) is 5.69. The van der Waals surface area contributed by atoms with Gasteiger partial charge in [-0.3, -0.25) is 4.79 Å². The van der Waals surface area contributed by atoms with Crippen molar-refractivity contribution < 1.29 is 20.1 Å². The average molecular weight is 350 g/mol. The maximum absolute atomic E-state index is 11.3. The quantitative estimate of drug-likeness (QED) is 0.711. The van der Waals surface area contributed by atoms with Crippen molar-refractivity contribution >= 4 is 5.97 Å². The van der Waals surface area contributed by atoms with Crippen LogP contribution < -0.4 is 0 Å². The largest absolute Gasteiger partial charge is 0.481 e. The highest BCUT2D eigenvalue weighted by molar-refractivity contribution is 5.68. The van der Waals surface area contributed by atoms with Crippen LogP contribution in [0.5, 0.6) is 0 Å². The molecule has 25 heavy (non-hydrogen) atoms. The topological polar surface area (TPSA) is 77.8 Å². The van der Waals surface area contributed by atoms with Gasteiger partial charge in [-0.2, -0.15) is 0 Å². The van der Waals surface area contributed by atoms with Gasteiger partial charge >= 0.3 is 5.97 Å². The molecule has 3 N–H and O–H groups in total. The van der Waals surface area contributed by atoms with Crippen molar-refractivity contribution in [2.24, 2.45) is 34.5 Å². The molecule has 0 aliphatic heterocycles. The van der Waals surface area contributed by atoms with Crippen molar-refractivity contribution in [2.75, 3.05) is 0 Å². The van der Waals surface area contributed by atoms with E-state index in [9.17, 15) is 20.1 Å². The fourth-order valence-electron chi connectivity index (χ4n) is 7.89. The van der Waals surface area contributed by atoms with Crippen LogP contribution >= 0.6 is 0 Å². The van der Waals surface area contributed by atoms with Crippen molar-refractivity contribution in [1.82, 2.24) is 0 Å². The van der Waals surface area contributed by atoms with Crippen molar-refractivity contribution in [3.63, 3.8) is 0 Å². The number of aliphatic hydroxyl groups is 2. The molecule has 0 spiro atoms. The van der Waals surface area contributed by atoms with Crippen LogP contribution in [-0.4, -0.2) is 33.0 Å². The van der Waals surface area contributed by atoms with Crippen molar-refractivity contribution in [3.05, 3.63) is 0 Å². The summed E-state index contributed by atoms with van der Waals surface area (Å²) in [5.41, 5.74) is -0.949. The zero-order valence-electron chi connectivity index (χ0n) is 15.7. The van der Waals surface area contributed by atoms with E-state index < -0.39 is 11.6 Å². The predicted molar refractivity (Wildman–Crippen MR) is 94.9 cm³/mol. The fourth-order valence-corrected chi connectivity index (χ4v) is 7.89. The SMILES string of the molecule is C[C@]12CCC(O)CC1CC[C@@H]1[C@H]2CC[C@@]2(C)[C@H]1CCC2(O)CC(=O)O. The average Bonchev–Trinajstić information content (AvgIpc) is 2.79. The Morgan fingerprint density at radius 3 is 2.44 bits per heavy atom. The molecule has 4 rings (SSSR count). The Labute approximate surface area is 151 Å². The van der Waals surface area contributed by atoms with Gasteiger partial charge in [0.2, 0.25) is 0 Å². The smallest absolute Gasteiger partial charge is 0.306 e. The van der Waals surface area contributed by atoms with Gasteiger partial charge in [-0.05, 0) is 92.3 Å². The van der Waals surface area contributed by atoms with Gasteiger partial charge in [0, 0.05) is 0 Å². The Morgan fingerprint density at radius 2 is 1.72 bits per heavy atom. The highest BCUT2D eigenvalue weighted by Crippen LogP contribution is 2.68. The first-order chi connectivity index (χ1) is 11.7. The van der Waals surface area contributed by atoms with Crippen LogP contribution in [0.15, 0.2) is 0 Å². The lowest BCUT2D eigenvalue weighted by atomic mass is 9.44. The number of rotatable bonds is 2. The first-order valence-electron chi connectivity index (χ1n) is 10.3. The number of hydrogen-bond donors (Lipinski definition) is 3. The van der Waals surface area contributed by atoms with Gasteiger partial charge in [0.1, 0.15) is 0 Å². The van der Waals surface area contributed by atoms with Crippen LogP contribution in [0.25, 0.3) is 0 Å². The molecule has 0 aromatic heterocycles. The lowest BCUT2D eigenvalue weighted by Gasteiger charge is -2.61. The number of aliphatic hydroxyl groups excluding tert-OH is 1. The summed E-state index contributed by atoms with van der Waals surface area (Å²) in [7, 11) is 0. The Kier molecular flexibility index (Phi) is 4.05. The zero-order valence-corrected chi connectivity index (χ0v) is 15.7. The van der Waals surface area contributed by atoms with Gasteiger partial charge in [-0.1, -0.05) is 13.8 Å². The third-order valence-corrected chi connectivity index (χ3v) is 9.40. The first kappa shape index (κ1) is 17.8. The van der Waals surface area contributed by atoms with Gasteiger partial charge in [-0.15, -0.1) is 0 Å². The van der Waals surface area contributed by atoms with Crippen LogP contribution in [0.4, 0.5) is 0 Å². The third-order valence-electron chi connectivity index (χ3n) is 9.40. The van der Waals surface area contributed by atoms with E-state index in [1.807, 2.05) is 0 Å². The predicted octanol–water partition coefficient (Wildman–Crippen LogP) is 3.60. The lowest BCUT2D eigenvalue weighted by Crippen LogP contribution is -2.57. The van der Waals surface area contributed by atoms with Crippen LogP contribution in [0, 0.1) is 34.5 Å². The molecule has 4 nitrogen and oxygen atoms in total. The van der Waals surface area contributed by atoms with E-state index in [2.05, 4.69) is 13.8 Å². The molecule has 0 amide bonds. The number of hydrogen-bond acceptors (Lipinski definition) is 3. The van der Waals surface area contributed by atoms with Gasteiger partial charge in [0.15, 0.2) is 0 Å². The molecule has 0 aromatic rings. The number of carbonyl (C=O) groups is 1. The molecule has 142 valence electrons. The molecule has 0 radical (unpaired) electrons. The van der Waals surface area contributed by atoms with E-state index in [1.165, 1.54) is 12.8 Å². The minimum atomic E-state index is -1.03. The number of carboxylic acids is 1. The summed E-state index contributed by atoms with van der Waals surface area (Å²) in [4.78, 5) is 11.3. The normalized spacial score (nSPS) is 55.1. The Hall–Kier alpha value is -0.610. The van der Waals surface area contributed by atoms with E-state index in [0.717, 1.165) is 38.5 Å². The molecule has 0 saturated heterocycles. The van der Waals surface area contributed by atoms with Crippen LogP contribution in [0.1, 0.15) is 78.1 Å². The number of aliphatic carboxylic acids is 1. The lowest BCUT2D eigenvalue weighted by molar-refractivity contribution is -0.170. The maximum atomic E-state index is 11.3. The van der Waals surface area contributed by atoms with Gasteiger partial charge in [0.25, 0.3) is 0 Å². The van der Waals surface area contributed by atoms with E-state index in [1.54, 1.807) is 0 Å². The Bertz CT molecular complexity index is 562. The molecular weight excluding hydrogens is 316 g/mol. The van der Waals surface area contributed by atoms with E-state index >= 15 is 0 Å². The zero-order chi connectivity index (χ0) is 18.0.